The number of amides is 1. The lowest BCUT2D eigenvalue weighted by Gasteiger charge is -2.32. The first-order chi connectivity index (χ1) is 9.68. The number of carbonyl (C=O) groups is 2. The molecule has 0 radical (unpaired) electrons. The Morgan fingerprint density at radius 3 is 1.85 bits per heavy atom. The number of rotatable bonds is 3. The number of aliphatic carboxylic acids is 1. The highest BCUT2D eigenvalue weighted by molar-refractivity contribution is 5.84. The van der Waals surface area contributed by atoms with Crippen molar-refractivity contribution >= 4 is 11.9 Å². The van der Waals surface area contributed by atoms with Crippen LogP contribution in [-0.2, 0) is 9.59 Å². The summed E-state index contributed by atoms with van der Waals surface area (Å²) in [6, 6.07) is 0.243. The molecule has 0 saturated heterocycles. The molecule has 0 heterocycles. The largest absolute Gasteiger partial charge is 0.550 e. The highest BCUT2D eigenvalue weighted by Crippen LogP contribution is 2.30. The molecule has 2 saturated carbocycles. The highest BCUT2D eigenvalue weighted by atomic mass is 16.4. The molecule has 1 N–H and O–H groups in total. The number of hydrogen-bond donors (Lipinski definition) is 1. The molecule has 114 valence electrons. The van der Waals surface area contributed by atoms with Crippen molar-refractivity contribution in [3.05, 3.63) is 0 Å². The predicted molar refractivity (Wildman–Crippen MR) is 74.7 cm³/mol. The Bertz CT molecular complexity index is 335. The van der Waals surface area contributed by atoms with Crippen LogP contribution in [-0.4, -0.2) is 17.9 Å². The number of carboxylic acid groups (broad SMARTS) is 1. The van der Waals surface area contributed by atoms with Crippen molar-refractivity contribution in [2.24, 2.45) is 11.8 Å². The summed E-state index contributed by atoms with van der Waals surface area (Å²) >= 11 is 0. The molecule has 2 aliphatic carbocycles. The molecule has 0 aromatic heterocycles. The van der Waals surface area contributed by atoms with E-state index in [0.717, 1.165) is 25.7 Å². The van der Waals surface area contributed by atoms with E-state index in [1.807, 2.05) is 0 Å². The second kappa shape index (κ2) is 7.65. The van der Waals surface area contributed by atoms with E-state index in [1.54, 1.807) is 0 Å². The van der Waals surface area contributed by atoms with Gasteiger partial charge in [-0.05, 0) is 25.7 Å². The Morgan fingerprint density at radius 1 is 0.750 bits per heavy atom. The third-order valence-electron chi connectivity index (χ3n) is 4.86. The summed E-state index contributed by atoms with van der Waals surface area (Å²) in [5, 5.41) is 14.3. The molecule has 2 atom stereocenters. The minimum Gasteiger partial charge on any atom is -0.550 e. The van der Waals surface area contributed by atoms with Gasteiger partial charge in [-0.25, -0.2) is 0 Å². The summed E-state index contributed by atoms with van der Waals surface area (Å²) in [6.45, 7) is 0. The molecule has 2 fully saturated rings. The van der Waals surface area contributed by atoms with Crippen molar-refractivity contribution in [2.75, 3.05) is 0 Å². The average Bonchev–Trinajstić information content (AvgIpc) is 2.41. The molecule has 0 aromatic rings. The molecule has 4 heteroatoms. The van der Waals surface area contributed by atoms with E-state index in [-0.39, 0.29) is 17.9 Å². The zero-order valence-electron chi connectivity index (χ0n) is 12.2. The van der Waals surface area contributed by atoms with Gasteiger partial charge in [-0.1, -0.05) is 44.9 Å². The topological polar surface area (TPSA) is 69.2 Å². The molecular weight excluding hydrogens is 254 g/mol. The van der Waals surface area contributed by atoms with E-state index >= 15 is 0 Å². The first-order valence-electron chi connectivity index (χ1n) is 8.19. The van der Waals surface area contributed by atoms with E-state index in [0.29, 0.717) is 12.8 Å². The van der Waals surface area contributed by atoms with E-state index in [1.165, 1.54) is 32.1 Å². The number of hydrogen-bond acceptors (Lipinski definition) is 3. The lowest BCUT2D eigenvalue weighted by molar-refractivity contribution is -0.314. The van der Waals surface area contributed by atoms with Crippen LogP contribution in [0.15, 0.2) is 0 Å². The summed E-state index contributed by atoms with van der Waals surface area (Å²) in [4.78, 5) is 23.5. The van der Waals surface area contributed by atoms with Gasteiger partial charge in [0.1, 0.15) is 0 Å². The fraction of sp³-hybridized carbons (Fsp3) is 0.875. The smallest absolute Gasteiger partial charge is 0.223 e. The van der Waals surface area contributed by atoms with Crippen molar-refractivity contribution < 1.29 is 14.7 Å². The van der Waals surface area contributed by atoms with Gasteiger partial charge in [0.15, 0.2) is 0 Å². The van der Waals surface area contributed by atoms with Crippen LogP contribution in [0.2, 0.25) is 0 Å². The average molecular weight is 280 g/mol. The number of nitrogens with one attached hydrogen (secondary N) is 1. The van der Waals surface area contributed by atoms with Crippen LogP contribution < -0.4 is 10.4 Å². The van der Waals surface area contributed by atoms with E-state index in [9.17, 15) is 14.7 Å². The monoisotopic (exact) mass is 280 g/mol. The molecule has 0 aliphatic heterocycles. The summed E-state index contributed by atoms with van der Waals surface area (Å²) in [7, 11) is 0. The maximum atomic E-state index is 12.4. The minimum atomic E-state index is -1.05. The minimum absolute atomic E-state index is 0.0514. The first kappa shape index (κ1) is 15.3. The molecule has 1 amide bonds. The van der Waals surface area contributed by atoms with Crippen LogP contribution in [0.3, 0.4) is 0 Å². The maximum Gasteiger partial charge on any atom is 0.223 e. The molecule has 2 rings (SSSR count). The van der Waals surface area contributed by atoms with Gasteiger partial charge in [-0.2, -0.15) is 0 Å². The van der Waals surface area contributed by atoms with Gasteiger partial charge in [0.25, 0.3) is 0 Å². The Labute approximate surface area is 121 Å². The summed E-state index contributed by atoms with van der Waals surface area (Å²) in [5.74, 6) is -2.07. The summed E-state index contributed by atoms with van der Waals surface area (Å²) in [6.07, 6.45) is 11.3. The van der Waals surface area contributed by atoms with Gasteiger partial charge >= 0.3 is 0 Å². The fourth-order valence-electron chi connectivity index (χ4n) is 3.64. The molecule has 4 nitrogen and oxygen atoms in total. The lowest BCUT2D eigenvalue weighted by atomic mass is 9.78. The highest BCUT2D eigenvalue weighted by Gasteiger charge is 2.32. The van der Waals surface area contributed by atoms with Crippen LogP contribution in [0, 0.1) is 11.8 Å². The van der Waals surface area contributed by atoms with Gasteiger partial charge in [0.2, 0.25) is 5.91 Å². The molecule has 0 bridgehead atoms. The molecule has 20 heavy (non-hydrogen) atoms. The molecule has 0 aromatic carbocycles. The van der Waals surface area contributed by atoms with Crippen molar-refractivity contribution in [3.63, 3.8) is 0 Å². The Morgan fingerprint density at radius 2 is 1.25 bits per heavy atom. The zero-order valence-corrected chi connectivity index (χ0v) is 12.2. The zero-order chi connectivity index (χ0) is 14.4. The van der Waals surface area contributed by atoms with Gasteiger partial charge in [0.05, 0.1) is 0 Å². The van der Waals surface area contributed by atoms with Crippen LogP contribution in [0.1, 0.15) is 70.6 Å². The number of carbonyl (C=O) groups excluding carboxylic acids is 2. The standard InChI is InChI=1S/C16H27NO3/c18-15(13-10-6-7-11-14(13)16(19)20)17-12-8-4-2-1-3-5-9-12/h12-14H,1-11H2,(H,17,18)(H,19,20)/p-1/t13-,14-/m1/s1. The van der Waals surface area contributed by atoms with Crippen molar-refractivity contribution in [3.8, 4) is 0 Å². The van der Waals surface area contributed by atoms with Crippen LogP contribution >= 0.6 is 0 Å². The quantitative estimate of drug-likeness (QED) is 0.856. The molecule has 2 aliphatic rings. The fourth-order valence-corrected chi connectivity index (χ4v) is 3.64. The molecule has 0 spiro atoms. The molecule has 0 unspecified atom stereocenters. The van der Waals surface area contributed by atoms with Gasteiger partial charge in [-0.15, -0.1) is 0 Å². The van der Waals surface area contributed by atoms with Gasteiger partial charge in [0, 0.05) is 23.8 Å². The SMILES string of the molecule is O=C([O-])[C@@H]1CCCC[C@H]1C(=O)NC1CCCCCCC1. The third kappa shape index (κ3) is 4.22. The summed E-state index contributed by atoms with van der Waals surface area (Å²) < 4.78 is 0. The van der Waals surface area contributed by atoms with E-state index in [2.05, 4.69) is 5.32 Å². The van der Waals surface area contributed by atoms with Crippen molar-refractivity contribution in [1.82, 2.24) is 5.32 Å². The lowest BCUT2D eigenvalue weighted by Crippen LogP contribution is -2.47. The first-order valence-corrected chi connectivity index (χ1v) is 8.19. The van der Waals surface area contributed by atoms with Crippen molar-refractivity contribution in [1.29, 1.82) is 0 Å². The van der Waals surface area contributed by atoms with Crippen LogP contribution in [0.5, 0.6) is 0 Å². The Balaban J connectivity index is 1.89. The predicted octanol–water partition coefficient (Wildman–Crippen LogP) is 1.77. The summed E-state index contributed by atoms with van der Waals surface area (Å²) in [5.41, 5.74) is 0. The number of carboxylic acids is 1. The van der Waals surface area contributed by atoms with Gasteiger partial charge in [-0.3, -0.25) is 4.79 Å². The Kier molecular flexibility index (Phi) is 5.86. The second-order valence-electron chi connectivity index (χ2n) is 6.37. The van der Waals surface area contributed by atoms with E-state index < -0.39 is 11.9 Å². The van der Waals surface area contributed by atoms with Crippen LogP contribution in [0.25, 0.3) is 0 Å². The maximum absolute atomic E-state index is 12.4. The van der Waals surface area contributed by atoms with Gasteiger partial charge < -0.3 is 15.2 Å². The van der Waals surface area contributed by atoms with Crippen LogP contribution in [0.4, 0.5) is 0 Å². The third-order valence-corrected chi connectivity index (χ3v) is 4.86. The Hall–Kier alpha value is -1.06. The van der Waals surface area contributed by atoms with Crippen molar-refractivity contribution in [2.45, 2.75) is 76.7 Å². The second-order valence-corrected chi connectivity index (χ2v) is 6.37. The molecular formula is C16H26NO3-. The normalized spacial score (nSPS) is 29.2. The van der Waals surface area contributed by atoms with E-state index in [4.69, 9.17) is 0 Å².